The topological polar surface area (TPSA) is 63.2 Å². The number of hydrogen-bond donors (Lipinski definition) is 0. The van der Waals surface area contributed by atoms with Gasteiger partial charge in [0.2, 0.25) is 0 Å². The quantitative estimate of drug-likeness (QED) is 0.501. The van der Waals surface area contributed by atoms with E-state index in [1.165, 1.54) is 7.11 Å². The minimum Gasteiger partial charge on any atom is -0.494 e. The van der Waals surface area contributed by atoms with E-state index in [1.54, 1.807) is 6.92 Å². The number of esters is 1. The molecule has 3 rings (SSSR count). The molecule has 1 saturated heterocycles. The van der Waals surface area contributed by atoms with Gasteiger partial charge >= 0.3 is 5.97 Å². The Bertz CT molecular complexity index is 735. The largest absolute Gasteiger partial charge is 0.494 e. The number of ether oxygens (including phenoxy) is 5. The summed E-state index contributed by atoms with van der Waals surface area (Å²) in [5.41, 5.74) is 0. The molecular formula is C22H26O6. The third-order valence-electron chi connectivity index (χ3n) is 4.57. The van der Waals surface area contributed by atoms with Gasteiger partial charge in [-0.2, -0.15) is 0 Å². The lowest BCUT2D eigenvalue weighted by atomic mass is 10.0. The zero-order valence-electron chi connectivity index (χ0n) is 16.3. The summed E-state index contributed by atoms with van der Waals surface area (Å²) in [6.45, 7) is 3.13. The normalized spacial score (nSPS) is 21.7. The van der Waals surface area contributed by atoms with Gasteiger partial charge in [-0.15, -0.1) is 0 Å². The number of carbonyl (C=O) groups excluding carboxylic acids is 1. The lowest BCUT2D eigenvalue weighted by Gasteiger charge is -2.35. The molecule has 1 aliphatic rings. The molecule has 0 unspecified atom stereocenters. The molecule has 0 spiro atoms. The summed E-state index contributed by atoms with van der Waals surface area (Å²) in [6.07, 6.45) is 1.76. The molecule has 1 aliphatic heterocycles. The highest BCUT2D eigenvalue weighted by atomic mass is 16.7. The van der Waals surface area contributed by atoms with Crippen LogP contribution in [0.2, 0.25) is 0 Å². The van der Waals surface area contributed by atoms with Crippen LogP contribution >= 0.6 is 0 Å². The van der Waals surface area contributed by atoms with Crippen molar-refractivity contribution >= 4 is 5.97 Å². The molecule has 0 aliphatic carbocycles. The molecule has 0 amide bonds. The predicted molar refractivity (Wildman–Crippen MR) is 104 cm³/mol. The van der Waals surface area contributed by atoms with Gasteiger partial charge in [0, 0.05) is 12.8 Å². The highest BCUT2D eigenvalue weighted by molar-refractivity contribution is 5.77. The molecular weight excluding hydrogens is 360 g/mol. The molecule has 0 N–H and O–H groups in total. The Hall–Kier alpha value is -2.57. The number of methoxy groups -OCH3 is 1. The fourth-order valence-electron chi connectivity index (χ4n) is 2.90. The number of para-hydroxylation sites is 1. The minimum absolute atomic E-state index is 0.239. The summed E-state index contributed by atoms with van der Waals surface area (Å²) in [7, 11) is 1.32. The van der Waals surface area contributed by atoms with Crippen molar-refractivity contribution < 1.29 is 28.5 Å². The fourth-order valence-corrected chi connectivity index (χ4v) is 2.90. The second-order valence-electron chi connectivity index (χ2n) is 6.80. The van der Waals surface area contributed by atoms with Crippen LogP contribution in [0.15, 0.2) is 54.6 Å². The van der Waals surface area contributed by atoms with Crippen molar-refractivity contribution in [1.82, 2.24) is 0 Å². The van der Waals surface area contributed by atoms with E-state index in [0.717, 1.165) is 30.1 Å². The van der Waals surface area contributed by atoms with Crippen LogP contribution in [0.3, 0.4) is 0 Å². The first kappa shape index (κ1) is 20.2. The Balaban J connectivity index is 1.35. The molecule has 0 radical (unpaired) electrons. The molecule has 0 aromatic heterocycles. The van der Waals surface area contributed by atoms with Crippen LogP contribution in [0.5, 0.6) is 17.2 Å². The maximum Gasteiger partial charge on any atom is 0.366 e. The molecule has 1 fully saturated rings. The van der Waals surface area contributed by atoms with Gasteiger partial charge < -0.3 is 23.7 Å². The highest BCUT2D eigenvalue weighted by Gasteiger charge is 2.41. The Morgan fingerprint density at radius 1 is 1.00 bits per heavy atom. The van der Waals surface area contributed by atoms with Crippen molar-refractivity contribution in [2.75, 3.05) is 26.9 Å². The molecule has 28 heavy (non-hydrogen) atoms. The van der Waals surface area contributed by atoms with Crippen molar-refractivity contribution in [3.63, 3.8) is 0 Å². The van der Waals surface area contributed by atoms with Gasteiger partial charge in [0.15, 0.2) is 0 Å². The van der Waals surface area contributed by atoms with Crippen molar-refractivity contribution in [2.24, 2.45) is 5.92 Å². The van der Waals surface area contributed by atoms with E-state index >= 15 is 0 Å². The van der Waals surface area contributed by atoms with Crippen LogP contribution in [-0.4, -0.2) is 38.7 Å². The zero-order chi connectivity index (χ0) is 19.8. The van der Waals surface area contributed by atoms with Crippen LogP contribution in [-0.2, 0) is 19.0 Å². The van der Waals surface area contributed by atoms with E-state index in [1.807, 2.05) is 54.6 Å². The zero-order valence-corrected chi connectivity index (χ0v) is 16.3. The average molecular weight is 386 g/mol. The molecule has 6 nitrogen and oxygen atoms in total. The van der Waals surface area contributed by atoms with Gasteiger partial charge in [-0.3, -0.25) is 0 Å². The standard InChI is InChI=1S/C22H26O6/c1-22(21(23)24-2)26-15-17(16-27-22)7-6-14-25-18-10-12-20(13-11-18)28-19-8-4-3-5-9-19/h3-5,8-13,17H,6-7,14-16H2,1-2H3. The van der Waals surface area contributed by atoms with Gasteiger partial charge in [0.1, 0.15) is 17.2 Å². The second-order valence-corrected chi connectivity index (χ2v) is 6.80. The van der Waals surface area contributed by atoms with Gasteiger partial charge in [-0.1, -0.05) is 18.2 Å². The number of carbonyl (C=O) groups is 1. The molecule has 2 aromatic rings. The molecule has 2 aromatic carbocycles. The summed E-state index contributed by atoms with van der Waals surface area (Å²) >= 11 is 0. The van der Waals surface area contributed by atoms with E-state index in [4.69, 9.17) is 23.7 Å². The minimum atomic E-state index is -1.29. The van der Waals surface area contributed by atoms with E-state index < -0.39 is 11.8 Å². The summed E-state index contributed by atoms with van der Waals surface area (Å²) in [6, 6.07) is 17.2. The predicted octanol–water partition coefficient (Wildman–Crippen LogP) is 4.19. The van der Waals surface area contributed by atoms with Crippen molar-refractivity contribution in [3.05, 3.63) is 54.6 Å². The Morgan fingerprint density at radius 2 is 1.61 bits per heavy atom. The lowest BCUT2D eigenvalue weighted by Crippen LogP contribution is -2.48. The van der Waals surface area contributed by atoms with Gasteiger partial charge in [-0.05, 0) is 49.2 Å². The number of benzene rings is 2. The van der Waals surface area contributed by atoms with Crippen molar-refractivity contribution in [1.29, 1.82) is 0 Å². The lowest BCUT2D eigenvalue weighted by molar-refractivity contribution is -0.272. The maximum absolute atomic E-state index is 11.6. The molecule has 0 atom stereocenters. The van der Waals surface area contributed by atoms with Gasteiger partial charge in [0.25, 0.3) is 5.79 Å². The highest BCUT2D eigenvalue weighted by Crippen LogP contribution is 2.26. The molecule has 1 heterocycles. The Morgan fingerprint density at radius 3 is 2.25 bits per heavy atom. The van der Waals surface area contributed by atoms with Crippen LogP contribution in [0.4, 0.5) is 0 Å². The molecule has 150 valence electrons. The Labute approximate surface area is 165 Å². The second kappa shape index (κ2) is 9.57. The fraction of sp³-hybridized carbons (Fsp3) is 0.409. The number of rotatable bonds is 8. The number of hydrogen-bond acceptors (Lipinski definition) is 6. The van der Waals surface area contributed by atoms with Crippen molar-refractivity contribution in [2.45, 2.75) is 25.6 Å². The summed E-state index contributed by atoms with van der Waals surface area (Å²) in [4.78, 5) is 11.6. The van der Waals surface area contributed by atoms with E-state index in [-0.39, 0.29) is 5.92 Å². The van der Waals surface area contributed by atoms with Crippen LogP contribution in [0.1, 0.15) is 19.8 Å². The maximum atomic E-state index is 11.6. The first-order valence-electron chi connectivity index (χ1n) is 9.41. The summed E-state index contributed by atoms with van der Waals surface area (Å²) in [5.74, 6) is 0.817. The van der Waals surface area contributed by atoms with Gasteiger partial charge in [-0.25, -0.2) is 4.79 Å². The van der Waals surface area contributed by atoms with Crippen LogP contribution in [0, 0.1) is 5.92 Å². The molecule has 0 bridgehead atoms. The average Bonchev–Trinajstić information content (AvgIpc) is 2.74. The molecule has 6 heteroatoms. The van der Waals surface area contributed by atoms with E-state index in [9.17, 15) is 4.79 Å². The molecule has 0 saturated carbocycles. The summed E-state index contributed by atoms with van der Waals surface area (Å²) < 4.78 is 27.4. The van der Waals surface area contributed by atoms with Crippen LogP contribution in [0.25, 0.3) is 0 Å². The first-order valence-corrected chi connectivity index (χ1v) is 9.41. The van der Waals surface area contributed by atoms with E-state index in [0.29, 0.717) is 19.8 Å². The van der Waals surface area contributed by atoms with Gasteiger partial charge in [0.05, 0.1) is 26.9 Å². The summed E-state index contributed by atoms with van der Waals surface area (Å²) in [5, 5.41) is 0. The third-order valence-corrected chi connectivity index (χ3v) is 4.57. The SMILES string of the molecule is COC(=O)C1(C)OCC(CCCOc2ccc(Oc3ccccc3)cc2)CO1. The third kappa shape index (κ3) is 5.47. The van der Waals surface area contributed by atoms with Crippen molar-refractivity contribution in [3.8, 4) is 17.2 Å². The Kier molecular flexibility index (Phi) is 6.90. The monoisotopic (exact) mass is 386 g/mol. The smallest absolute Gasteiger partial charge is 0.366 e. The van der Waals surface area contributed by atoms with Crippen LogP contribution < -0.4 is 9.47 Å². The first-order chi connectivity index (χ1) is 13.6. The van der Waals surface area contributed by atoms with E-state index in [2.05, 4.69) is 0 Å².